The summed E-state index contributed by atoms with van der Waals surface area (Å²) in [5.41, 5.74) is 2.57. The Bertz CT molecular complexity index is 1050. The largest absolute Gasteiger partial charge is 0.497 e. The van der Waals surface area contributed by atoms with Crippen molar-refractivity contribution in [1.82, 2.24) is 9.97 Å². The van der Waals surface area contributed by atoms with E-state index in [-0.39, 0.29) is 5.97 Å². The first-order chi connectivity index (χ1) is 15.2. The van der Waals surface area contributed by atoms with Gasteiger partial charge >= 0.3 is 5.97 Å². The molecule has 0 amide bonds. The maximum Gasteiger partial charge on any atom is 0.315 e. The summed E-state index contributed by atoms with van der Waals surface area (Å²) >= 11 is 3.28. The lowest BCUT2D eigenvalue weighted by atomic mass is 9.97. The molecule has 4 rings (SSSR count). The number of benzene rings is 1. The second kappa shape index (κ2) is 10.3. The molecule has 0 atom stereocenters. The SMILES string of the molecule is CCOC(=O)CSCc1nc(NCc2ccc(OC)cc2)c2c3c(sc2n1)CCCC3. The first-order valence-corrected chi connectivity index (χ1v) is 12.6. The number of carbonyl (C=O) groups is 1. The number of thiophene rings is 1. The predicted octanol–water partition coefficient (Wildman–Crippen LogP) is 4.99. The Morgan fingerprint density at radius 3 is 2.77 bits per heavy atom. The van der Waals surface area contributed by atoms with E-state index in [1.807, 2.05) is 19.1 Å². The minimum atomic E-state index is -0.196. The van der Waals surface area contributed by atoms with Crippen molar-refractivity contribution in [2.24, 2.45) is 0 Å². The predicted molar refractivity (Wildman–Crippen MR) is 127 cm³/mol. The molecule has 0 aliphatic heterocycles. The number of hydrogen-bond donors (Lipinski definition) is 1. The molecule has 3 aromatic rings. The topological polar surface area (TPSA) is 73.3 Å². The molecule has 1 aliphatic rings. The van der Waals surface area contributed by atoms with Crippen LogP contribution in [0.5, 0.6) is 5.75 Å². The summed E-state index contributed by atoms with van der Waals surface area (Å²) in [4.78, 5) is 23.8. The van der Waals surface area contributed by atoms with Gasteiger partial charge in [0.25, 0.3) is 0 Å². The van der Waals surface area contributed by atoms with Crippen LogP contribution in [0.15, 0.2) is 24.3 Å². The molecule has 1 aliphatic carbocycles. The lowest BCUT2D eigenvalue weighted by Gasteiger charge is -2.13. The van der Waals surface area contributed by atoms with E-state index in [9.17, 15) is 4.79 Å². The summed E-state index contributed by atoms with van der Waals surface area (Å²) in [6, 6.07) is 8.06. The number of nitrogens with one attached hydrogen (secondary N) is 1. The zero-order chi connectivity index (χ0) is 21.6. The number of anilines is 1. The number of esters is 1. The van der Waals surface area contributed by atoms with Gasteiger partial charge in [0.05, 0.1) is 30.6 Å². The number of rotatable bonds is 9. The van der Waals surface area contributed by atoms with Crippen molar-refractivity contribution in [1.29, 1.82) is 0 Å². The van der Waals surface area contributed by atoms with Gasteiger partial charge in [-0.1, -0.05) is 12.1 Å². The summed E-state index contributed by atoms with van der Waals surface area (Å²) in [5, 5.41) is 4.72. The Morgan fingerprint density at radius 2 is 2.00 bits per heavy atom. The highest BCUT2D eigenvalue weighted by Gasteiger charge is 2.21. The minimum Gasteiger partial charge on any atom is -0.497 e. The van der Waals surface area contributed by atoms with Gasteiger partial charge in [0.1, 0.15) is 22.2 Å². The van der Waals surface area contributed by atoms with Crippen LogP contribution in [-0.2, 0) is 34.7 Å². The lowest BCUT2D eigenvalue weighted by Crippen LogP contribution is -2.08. The molecule has 2 heterocycles. The van der Waals surface area contributed by atoms with Crippen LogP contribution >= 0.6 is 23.1 Å². The molecule has 0 fully saturated rings. The molecule has 1 aromatic carbocycles. The average molecular weight is 458 g/mol. The number of aromatic nitrogens is 2. The third kappa shape index (κ3) is 5.30. The van der Waals surface area contributed by atoms with Crippen molar-refractivity contribution in [3.05, 3.63) is 46.1 Å². The molecule has 0 saturated carbocycles. The Labute approximate surface area is 190 Å². The van der Waals surface area contributed by atoms with Gasteiger partial charge in [-0.15, -0.1) is 23.1 Å². The zero-order valence-electron chi connectivity index (χ0n) is 17.9. The van der Waals surface area contributed by atoms with Gasteiger partial charge in [-0.05, 0) is 55.9 Å². The lowest BCUT2D eigenvalue weighted by molar-refractivity contribution is -0.139. The quantitative estimate of drug-likeness (QED) is 0.454. The number of hydrogen-bond acceptors (Lipinski definition) is 8. The van der Waals surface area contributed by atoms with Gasteiger partial charge in [0.2, 0.25) is 0 Å². The Morgan fingerprint density at radius 1 is 1.19 bits per heavy atom. The molecular formula is C23H27N3O3S2. The molecule has 31 heavy (non-hydrogen) atoms. The zero-order valence-corrected chi connectivity index (χ0v) is 19.5. The van der Waals surface area contributed by atoms with Crippen molar-refractivity contribution < 1.29 is 14.3 Å². The first kappa shape index (κ1) is 21.9. The molecule has 0 saturated heterocycles. The van der Waals surface area contributed by atoms with Crippen molar-refractivity contribution in [2.75, 3.05) is 24.8 Å². The fourth-order valence-electron chi connectivity index (χ4n) is 3.75. The molecule has 8 heteroatoms. The Kier molecular flexibility index (Phi) is 7.29. The van der Waals surface area contributed by atoms with Crippen LogP contribution < -0.4 is 10.1 Å². The summed E-state index contributed by atoms with van der Waals surface area (Å²) < 4.78 is 10.3. The number of methoxy groups -OCH3 is 1. The molecule has 6 nitrogen and oxygen atoms in total. The van der Waals surface area contributed by atoms with Crippen LogP contribution in [0.1, 0.15) is 41.6 Å². The summed E-state index contributed by atoms with van der Waals surface area (Å²) in [5.74, 6) is 3.18. The number of ether oxygens (including phenoxy) is 2. The van der Waals surface area contributed by atoms with Crippen molar-refractivity contribution in [3.63, 3.8) is 0 Å². The van der Waals surface area contributed by atoms with E-state index in [4.69, 9.17) is 19.4 Å². The Balaban J connectivity index is 1.57. The third-order valence-corrected chi connectivity index (χ3v) is 7.32. The molecule has 2 aromatic heterocycles. The van der Waals surface area contributed by atoms with Crippen LogP contribution in [0.4, 0.5) is 5.82 Å². The second-order valence-electron chi connectivity index (χ2n) is 7.38. The van der Waals surface area contributed by atoms with E-state index in [2.05, 4.69) is 17.4 Å². The van der Waals surface area contributed by atoms with E-state index >= 15 is 0 Å². The number of aryl methyl sites for hydroxylation is 2. The van der Waals surface area contributed by atoms with Gasteiger partial charge in [-0.25, -0.2) is 9.97 Å². The van der Waals surface area contributed by atoms with E-state index in [0.29, 0.717) is 24.7 Å². The van der Waals surface area contributed by atoms with Crippen LogP contribution in [0, 0.1) is 0 Å². The molecule has 0 unspecified atom stereocenters. The maximum absolute atomic E-state index is 11.6. The monoisotopic (exact) mass is 457 g/mol. The highest BCUT2D eigenvalue weighted by Crippen LogP contribution is 2.39. The van der Waals surface area contributed by atoms with E-state index in [1.54, 1.807) is 18.4 Å². The van der Waals surface area contributed by atoms with Crippen LogP contribution in [-0.4, -0.2) is 35.4 Å². The van der Waals surface area contributed by atoms with E-state index in [0.717, 1.165) is 40.6 Å². The summed E-state index contributed by atoms with van der Waals surface area (Å²) in [6.45, 7) is 2.90. The second-order valence-corrected chi connectivity index (χ2v) is 9.45. The van der Waals surface area contributed by atoms with Gasteiger partial charge in [0, 0.05) is 11.4 Å². The van der Waals surface area contributed by atoms with Crippen molar-refractivity contribution in [2.45, 2.75) is 44.9 Å². The van der Waals surface area contributed by atoms with Gasteiger partial charge < -0.3 is 14.8 Å². The van der Waals surface area contributed by atoms with Crippen LogP contribution in [0.25, 0.3) is 10.2 Å². The van der Waals surface area contributed by atoms with Gasteiger partial charge in [0.15, 0.2) is 0 Å². The highest BCUT2D eigenvalue weighted by molar-refractivity contribution is 7.99. The number of nitrogens with zero attached hydrogens (tertiary/aromatic N) is 2. The number of carbonyl (C=O) groups excluding carboxylic acids is 1. The average Bonchev–Trinajstić information content (AvgIpc) is 3.16. The highest BCUT2D eigenvalue weighted by atomic mass is 32.2. The maximum atomic E-state index is 11.6. The number of thioether (sulfide) groups is 1. The van der Waals surface area contributed by atoms with Crippen molar-refractivity contribution >= 4 is 45.1 Å². The third-order valence-electron chi connectivity index (χ3n) is 5.24. The molecule has 0 spiro atoms. The fraction of sp³-hybridized carbons (Fsp3) is 0.435. The molecule has 0 bridgehead atoms. The molecule has 164 valence electrons. The normalized spacial score (nSPS) is 13.1. The Hall–Kier alpha value is -2.32. The smallest absolute Gasteiger partial charge is 0.315 e. The summed E-state index contributed by atoms with van der Waals surface area (Å²) in [6.07, 6.45) is 4.67. The fourth-order valence-corrected chi connectivity index (χ4v) is 5.70. The van der Waals surface area contributed by atoms with Gasteiger partial charge in [-0.3, -0.25) is 4.79 Å². The standard InChI is InChI=1S/C23H27N3O3S2/c1-3-29-20(27)14-30-13-19-25-22(24-12-15-8-10-16(28-2)11-9-15)21-17-6-4-5-7-18(17)31-23(21)26-19/h8-11H,3-7,12-14H2,1-2H3,(H,24,25,26). The molecular weight excluding hydrogens is 430 g/mol. The summed E-state index contributed by atoms with van der Waals surface area (Å²) in [7, 11) is 1.67. The van der Waals surface area contributed by atoms with Crippen LogP contribution in [0.2, 0.25) is 0 Å². The van der Waals surface area contributed by atoms with E-state index < -0.39 is 0 Å². The number of fused-ring (bicyclic) bond motifs is 3. The molecule has 1 N–H and O–H groups in total. The van der Waals surface area contributed by atoms with E-state index in [1.165, 1.54) is 40.4 Å². The minimum absolute atomic E-state index is 0.196. The van der Waals surface area contributed by atoms with Crippen molar-refractivity contribution in [3.8, 4) is 5.75 Å². The van der Waals surface area contributed by atoms with Gasteiger partial charge in [-0.2, -0.15) is 0 Å². The molecule has 0 radical (unpaired) electrons. The van der Waals surface area contributed by atoms with Crippen LogP contribution in [0.3, 0.4) is 0 Å². The first-order valence-electron chi connectivity index (χ1n) is 10.6.